The minimum atomic E-state index is -0.565. The molecule has 0 aromatic heterocycles. The molecule has 0 saturated carbocycles. The summed E-state index contributed by atoms with van der Waals surface area (Å²) < 4.78 is 5.07. The number of carbonyl (C=O) groups is 1. The van der Waals surface area contributed by atoms with Crippen molar-refractivity contribution >= 4 is 35.2 Å². The van der Waals surface area contributed by atoms with Crippen LogP contribution in [0.3, 0.4) is 0 Å². The van der Waals surface area contributed by atoms with Gasteiger partial charge in [0.2, 0.25) is 0 Å². The van der Waals surface area contributed by atoms with Crippen molar-refractivity contribution in [3.05, 3.63) is 30.3 Å². The number of hydrogen-bond donors (Lipinski definition) is 3. The van der Waals surface area contributed by atoms with Crippen LogP contribution in [0, 0.1) is 0 Å². The number of ether oxygens (including phenoxy) is 1. The van der Waals surface area contributed by atoms with Gasteiger partial charge in [0.25, 0.3) is 0 Å². The SMILES string of the molecule is CC(C)(C)OC(=O)NNC(=S)NCCSc1ccccc1. The smallest absolute Gasteiger partial charge is 0.426 e. The Morgan fingerprint density at radius 2 is 1.90 bits per heavy atom. The first kappa shape index (κ1) is 17.6. The number of rotatable bonds is 4. The quantitative estimate of drug-likeness (QED) is 0.342. The van der Waals surface area contributed by atoms with Crippen molar-refractivity contribution in [3.8, 4) is 0 Å². The van der Waals surface area contributed by atoms with E-state index in [0.717, 1.165) is 5.75 Å². The Hall–Kier alpha value is -1.47. The molecule has 0 fully saturated rings. The minimum absolute atomic E-state index is 0.356. The lowest BCUT2D eigenvalue weighted by Gasteiger charge is -2.20. The summed E-state index contributed by atoms with van der Waals surface area (Å²) in [6.45, 7) is 6.08. The second kappa shape index (κ2) is 8.74. The third-order valence-corrected chi connectivity index (χ3v) is 3.34. The third kappa shape index (κ3) is 9.14. The van der Waals surface area contributed by atoms with Crippen molar-refractivity contribution < 1.29 is 9.53 Å². The molecule has 3 N–H and O–H groups in total. The third-order valence-electron chi connectivity index (χ3n) is 2.08. The lowest BCUT2D eigenvalue weighted by molar-refractivity contribution is 0.0513. The first-order valence-corrected chi connectivity index (χ1v) is 7.97. The zero-order chi connectivity index (χ0) is 15.7. The molecule has 0 atom stereocenters. The molecule has 0 radical (unpaired) electrons. The van der Waals surface area contributed by atoms with Gasteiger partial charge in [0, 0.05) is 17.2 Å². The van der Waals surface area contributed by atoms with Crippen LogP contribution in [0.25, 0.3) is 0 Å². The van der Waals surface area contributed by atoms with E-state index in [0.29, 0.717) is 11.7 Å². The van der Waals surface area contributed by atoms with Crippen LogP contribution < -0.4 is 16.2 Å². The number of nitrogens with one attached hydrogen (secondary N) is 3. The van der Waals surface area contributed by atoms with Crippen LogP contribution in [0.2, 0.25) is 0 Å². The molecule has 1 amide bonds. The summed E-state index contributed by atoms with van der Waals surface area (Å²) in [4.78, 5) is 12.6. The van der Waals surface area contributed by atoms with Crippen LogP contribution in [0.1, 0.15) is 20.8 Å². The summed E-state index contributed by atoms with van der Waals surface area (Å²) in [6, 6.07) is 10.1. The van der Waals surface area contributed by atoms with Crippen molar-refractivity contribution in [1.82, 2.24) is 16.2 Å². The van der Waals surface area contributed by atoms with Gasteiger partial charge < -0.3 is 10.1 Å². The van der Waals surface area contributed by atoms with Gasteiger partial charge in [0.1, 0.15) is 5.60 Å². The van der Waals surface area contributed by atoms with Crippen molar-refractivity contribution in [1.29, 1.82) is 0 Å². The monoisotopic (exact) mass is 327 g/mol. The highest BCUT2D eigenvalue weighted by Crippen LogP contribution is 2.15. The molecule has 0 spiro atoms. The lowest BCUT2D eigenvalue weighted by atomic mass is 10.2. The van der Waals surface area contributed by atoms with Gasteiger partial charge >= 0.3 is 6.09 Å². The van der Waals surface area contributed by atoms with Crippen LogP contribution >= 0.6 is 24.0 Å². The first-order valence-electron chi connectivity index (χ1n) is 6.57. The number of thiocarbonyl (C=S) groups is 1. The van der Waals surface area contributed by atoms with Crippen LogP contribution in [0.5, 0.6) is 0 Å². The molecule has 1 rings (SSSR count). The average Bonchev–Trinajstić information content (AvgIpc) is 2.41. The predicted octanol–water partition coefficient (Wildman–Crippen LogP) is 2.68. The molecule has 0 aliphatic heterocycles. The van der Waals surface area contributed by atoms with E-state index in [1.54, 1.807) is 32.5 Å². The van der Waals surface area contributed by atoms with E-state index in [2.05, 4.69) is 28.3 Å². The van der Waals surface area contributed by atoms with Gasteiger partial charge in [-0.25, -0.2) is 10.2 Å². The van der Waals surface area contributed by atoms with Crippen molar-refractivity contribution in [2.24, 2.45) is 0 Å². The summed E-state index contributed by atoms with van der Waals surface area (Å²) in [5.74, 6) is 0.873. The largest absolute Gasteiger partial charge is 0.443 e. The fourth-order valence-electron chi connectivity index (χ4n) is 1.31. The Labute approximate surface area is 135 Å². The standard InChI is InChI=1S/C14H21N3O2S2/c1-14(2,3)19-13(18)17-16-12(20)15-9-10-21-11-7-5-4-6-8-11/h4-8H,9-10H2,1-3H3,(H,17,18)(H2,15,16,20). The fraction of sp³-hybridized carbons (Fsp3) is 0.429. The highest BCUT2D eigenvalue weighted by atomic mass is 32.2. The zero-order valence-corrected chi connectivity index (χ0v) is 14.1. The maximum atomic E-state index is 11.4. The molecule has 0 aliphatic rings. The van der Waals surface area contributed by atoms with Gasteiger partial charge in [0.05, 0.1) is 0 Å². The summed E-state index contributed by atoms with van der Waals surface area (Å²) in [5.41, 5.74) is 4.43. The lowest BCUT2D eigenvalue weighted by Crippen LogP contribution is -2.48. The van der Waals surface area contributed by atoms with E-state index in [4.69, 9.17) is 17.0 Å². The van der Waals surface area contributed by atoms with Gasteiger partial charge in [-0.2, -0.15) is 0 Å². The number of thioether (sulfide) groups is 1. The molecular formula is C14H21N3O2S2. The van der Waals surface area contributed by atoms with Crippen molar-refractivity contribution in [3.63, 3.8) is 0 Å². The summed E-state index contributed by atoms with van der Waals surface area (Å²) in [6.07, 6.45) is -0.565. The van der Waals surface area contributed by atoms with Gasteiger partial charge in [-0.1, -0.05) is 18.2 Å². The Bertz CT molecular complexity index is 461. The molecule has 1 aromatic rings. The molecule has 5 nitrogen and oxygen atoms in total. The first-order chi connectivity index (χ1) is 9.87. The molecular weight excluding hydrogens is 306 g/mol. The topological polar surface area (TPSA) is 62.4 Å². The Morgan fingerprint density at radius 1 is 1.24 bits per heavy atom. The number of hydrazine groups is 1. The zero-order valence-electron chi connectivity index (χ0n) is 12.4. The van der Waals surface area contributed by atoms with Crippen molar-refractivity contribution in [2.75, 3.05) is 12.3 Å². The minimum Gasteiger partial charge on any atom is -0.443 e. The highest BCUT2D eigenvalue weighted by Gasteiger charge is 2.15. The van der Waals surface area contributed by atoms with Crippen LogP contribution in [-0.4, -0.2) is 29.1 Å². The molecule has 116 valence electrons. The molecule has 21 heavy (non-hydrogen) atoms. The summed E-state index contributed by atoms with van der Waals surface area (Å²) in [7, 11) is 0. The number of hydrogen-bond acceptors (Lipinski definition) is 4. The molecule has 7 heteroatoms. The average molecular weight is 327 g/mol. The Balaban J connectivity index is 2.10. The van der Waals surface area contributed by atoms with Crippen LogP contribution in [0.15, 0.2) is 35.2 Å². The van der Waals surface area contributed by atoms with E-state index in [1.165, 1.54) is 4.90 Å². The van der Waals surface area contributed by atoms with E-state index in [1.807, 2.05) is 18.2 Å². The Kier molecular flexibility index (Phi) is 7.31. The number of carbonyl (C=O) groups excluding carboxylic acids is 1. The second-order valence-corrected chi connectivity index (χ2v) is 6.75. The van der Waals surface area contributed by atoms with E-state index in [-0.39, 0.29) is 0 Å². The maximum Gasteiger partial charge on any atom is 0.426 e. The molecule has 0 heterocycles. The molecule has 0 unspecified atom stereocenters. The molecule has 0 aliphatic carbocycles. The highest BCUT2D eigenvalue weighted by molar-refractivity contribution is 7.99. The molecule has 1 aromatic carbocycles. The maximum absolute atomic E-state index is 11.4. The normalized spacial score (nSPS) is 10.6. The van der Waals surface area contributed by atoms with E-state index >= 15 is 0 Å². The van der Waals surface area contributed by atoms with Crippen LogP contribution in [0.4, 0.5) is 4.79 Å². The fourth-order valence-corrected chi connectivity index (χ4v) is 2.25. The predicted molar refractivity (Wildman–Crippen MR) is 90.3 cm³/mol. The van der Waals surface area contributed by atoms with Crippen LogP contribution in [-0.2, 0) is 4.74 Å². The molecule has 0 bridgehead atoms. The van der Waals surface area contributed by atoms with E-state index in [9.17, 15) is 4.79 Å². The summed E-state index contributed by atoms with van der Waals surface area (Å²) in [5, 5.41) is 3.36. The van der Waals surface area contributed by atoms with E-state index < -0.39 is 11.7 Å². The number of benzene rings is 1. The van der Waals surface area contributed by atoms with Gasteiger partial charge in [-0.05, 0) is 45.1 Å². The van der Waals surface area contributed by atoms with Gasteiger partial charge in [-0.15, -0.1) is 11.8 Å². The number of amides is 1. The summed E-state index contributed by atoms with van der Waals surface area (Å²) >= 11 is 6.77. The second-order valence-electron chi connectivity index (χ2n) is 5.17. The Morgan fingerprint density at radius 3 is 2.52 bits per heavy atom. The van der Waals surface area contributed by atoms with Gasteiger partial charge in [-0.3, -0.25) is 5.43 Å². The van der Waals surface area contributed by atoms with Crippen molar-refractivity contribution in [2.45, 2.75) is 31.3 Å². The molecule has 0 saturated heterocycles. The van der Waals surface area contributed by atoms with Gasteiger partial charge in [0.15, 0.2) is 5.11 Å².